The number of carboxylic acids is 1. The molecule has 3 aromatic rings. The van der Waals surface area contributed by atoms with Gasteiger partial charge in [-0.1, -0.05) is 30.3 Å². The van der Waals surface area contributed by atoms with Gasteiger partial charge < -0.3 is 15.3 Å². The first-order valence-corrected chi connectivity index (χ1v) is 9.51. The summed E-state index contributed by atoms with van der Waals surface area (Å²) >= 11 is 1.64. The van der Waals surface area contributed by atoms with Crippen molar-refractivity contribution in [3.63, 3.8) is 0 Å². The molecule has 5 nitrogen and oxygen atoms in total. The van der Waals surface area contributed by atoms with Crippen LogP contribution < -0.4 is 10.2 Å². The quantitative estimate of drug-likeness (QED) is 0.704. The highest BCUT2D eigenvalue weighted by Gasteiger charge is 2.33. The van der Waals surface area contributed by atoms with Crippen LogP contribution in [0.25, 0.3) is 0 Å². The monoisotopic (exact) mass is 378 g/mol. The number of para-hydroxylation sites is 2. The number of carboxylic acid groups (broad SMARTS) is 1. The number of aromatic carboxylic acids is 1. The second-order valence-electron chi connectivity index (χ2n) is 6.44. The molecule has 1 atom stereocenters. The molecule has 1 aromatic heterocycles. The second-order valence-corrected chi connectivity index (χ2v) is 7.47. The third-order valence-corrected chi connectivity index (χ3v) is 5.58. The Bertz CT molecular complexity index is 967. The van der Waals surface area contributed by atoms with Gasteiger partial charge in [-0.2, -0.15) is 0 Å². The van der Waals surface area contributed by atoms with Crippen molar-refractivity contribution in [2.24, 2.45) is 0 Å². The fourth-order valence-corrected chi connectivity index (χ4v) is 4.07. The lowest BCUT2D eigenvalue weighted by Gasteiger charge is -2.38. The van der Waals surface area contributed by atoms with Gasteiger partial charge in [-0.3, -0.25) is 4.79 Å². The molecule has 1 aliphatic rings. The van der Waals surface area contributed by atoms with Crippen LogP contribution in [0.1, 0.15) is 20.8 Å². The zero-order valence-electron chi connectivity index (χ0n) is 14.5. The van der Waals surface area contributed by atoms with Crippen LogP contribution in [0, 0.1) is 0 Å². The Morgan fingerprint density at radius 3 is 2.56 bits per heavy atom. The second kappa shape index (κ2) is 7.25. The maximum atomic E-state index is 12.8. The predicted octanol–water partition coefficient (Wildman–Crippen LogP) is 4.02. The minimum absolute atomic E-state index is 0.0238. The van der Waals surface area contributed by atoms with Gasteiger partial charge in [-0.25, -0.2) is 4.79 Å². The predicted molar refractivity (Wildman–Crippen MR) is 106 cm³/mol. The van der Waals surface area contributed by atoms with Crippen molar-refractivity contribution >= 4 is 34.6 Å². The molecule has 0 spiro atoms. The van der Waals surface area contributed by atoms with E-state index in [0.29, 0.717) is 13.0 Å². The minimum Gasteiger partial charge on any atom is -0.478 e. The third-order valence-electron chi connectivity index (χ3n) is 4.68. The standard InChI is InChI=1S/C21H18N2O3S/c24-20-19(12-16-4-3-11-27-16)23(18-6-2-1-5-17(18)22-20)13-14-7-9-15(10-8-14)21(25)26/h1-11,19H,12-13H2,(H,22,24)(H,25,26). The molecule has 0 radical (unpaired) electrons. The highest BCUT2D eigenvalue weighted by Crippen LogP contribution is 2.34. The van der Waals surface area contributed by atoms with Gasteiger partial charge in [-0.05, 0) is 41.3 Å². The van der Waals surface area contributed by atoms with Gasteiger partial charge in [0.1, 0.15) is 6.04 Å². The fraction of sp³-hybridized carbons (Fsp3) is 0.143. The fourth-order valence-electron chi connectivity index (χ4n) is 3.32. The van der Waals surface area contributed by atoms with Crippen molar-refractivity contribution in [1.82, 2.24) is 0 Å². The molecule has 1 aliphatic heterocycles. The van der Waals surface area contributed by atoms with Crippen molar-refractivity contribution in [2.75, 3.05) is 10.2 Å². The molecule has 2 N–H and O–H groups in total. The Balaban J connectivity index is 1.67. The number of benzene rings is 2. The van der Waals surface area contributed by atoms with E-state index in [4.69, 9.17) is 5.11 Å². The van der Waals surface area contributed by atoms with E-state index in [2.05, 4.69) is 10.2 Å². The molecule has 27 heavy (non-hydrogen) atoms. The molecule has 0 bridgehead atoms. The smallest absolute Gasteiger partial charge is 0.335 e. The summed E-state index contributed by atoms with van der Waals surface area (Å²) < 4.78 is 0. The molecule has 0 aliphatic carbocycles. The van der Waals surface area contributed by atoms with Gasteiger partial charge in [0, 0.05) is 17.8 Å². The highest BCUT2D eigenvalue weighted by atomic mass is 32.1. The molecular formula is C21H18N2O3S. The van der Waals surface area contributed by atoms with Gasteiger partial charge in [-0.15, -0.1) is 11.3 Å². The van der Waals surface area contributed by atoms with Gasteiger partial charge in [0.2, 0.25) is 5.91 Å². The molecular weight excluding hydrogens is 360 g/mol. The zero-order valence-corrected chi connectivity index (χ0v) is 15.3. The number of carbonyl (C=O) groups excluding carboxylic acids is 1. The van der Waals surface area contributed by atoms with E-state index in [0.717, 1.165) is 21.8 Å². The van der Waals surface area contributed by atoms with Crippen LogP contribution in [0.5, 0.6) is 0 Å². The van der Waals surface area contributed by atoms with Gasteiger partial charge >= 0.3 is 5.97 Å². The molecule has 0 fully saturated rings. The average Bonchev–Trinajstić information content (AvgIpc) is 3.18. The van der Waals surface area contributed by atoms with Crippen molar-refractivity contribution in [3.05, 3.63) is 82.0 Å². The molecule has 136 valence electrons. The number of thiophene rings is 1. The molecule has 6 heteroatoms. The summed E-state index contributed by atoms with van der Waals surface area (Å²) in [5.74, 6) is -0.968. The van der Waals surface area contributed by atoms with Crippen LogP contribution in [0.2, 0.25) is 0 Å². The Labute approximate surface area is 160 Å². The topological polar surface area (TPSA) is 69.6 Å². The zero-order chi connectivity index (χ0) is 18.8. The average molecular weight is 378 g/mol. The number of hydrogen-bond donors (Lipinski definition) is 2. The Hall–Kier alpha value is -3.12. The number of carbonyl (C=O) groups is 2. The Kier molecular flexibility index (Phi) is 4.64. The number of nitrogens with one attached hydrogen (secondary N) is 1. The maximum Gasteiger partial charge on any atom is 0.335 e. The van der Waals surface area contributed by atoms with E-state index in [1.165, 1.54) is 0 Å². The third kappa shape index (κ3) is 3.57. The Morgan fingerprint density at radius 2 is 1.85 bits per heavy atom. The normalized spacial score (nSPS) is 15.9. The maximum absolute atomic E-state index is 12.8. The van der Waals surface area contributed by atoms with Gasteiger partial charge in [0.05, 0.1) is 16.9 Å². The summed E-state index contributed by atoms with van der Waals surface area (Å²) in [5, 5.41) is 14.1. The number of hydrogen-bond acceptors (Lipinski definition) is 4. The van der Waals surface area contributed by atoms with Crippen LogP contribution in [0.15, 0.2) is 66.0 Å². The van der Waals surface area contributed by atoms with Gasteiger partial charge in [0.25, 0.3) is 0 Å². The van der Waals surface area contributed by atoms with E-state index >= 15 is 0 Å². The minimum atomic E-state index is -0.945. The summed E-state index contributed by atoms with van der Waals surface area (Å²) in [6.07, 6.45) is 0.630. The van der Waals surface area contributed by atoms with E-state index in [9.17, 15) is 9.59 Å². The SMILES string of the molecule is O=C(O)c1ccc(CN2c3ccccc3NC(=O)C2Cc2cccs2)cc1. The van der Waals surface area contributed by atoms with Crippen LogP contribution in [0.4, 0.5) is 11.4 Å². The molecule has 2 aromatic carbocycles. The van der Waals surface area contributed by atoms with Crippen LogP contribution in [-0.4, -0.2) is 23.0 Å². The van der Waals surface area contributed by atoms with Crippen LogP contribution in [-0.2, 0) is 17.8 Å². The summed E-state index contributed by atoms with van der Waals surface area (Å²) in [4.78, 5) is 27.1. The lowest BCUT2D eigenvalue weighted by atomic mass is 10.0. The van der Waals surface area contributed by atoms with E-state index in [-0.39, 0.29) is 17.5 Å². The Morgan fingerprint density at radius 1 is 1.07 bits per heavy atom. The van der Waals surface area contributed by atoms with E-state index < -0.39 is 5.97 Å². The number of nitrogens with zero attached hydrogens (tertiary/aromatic N) is 1. The summed E-state index contributed by atoms with van der Waals surface area (Å²) in [6.45, 7) is 0.528. The summed E-state index contributed by atoms with van der Waals surface area (Å²) in [5.41, 5.74) is 2.99. The number of rotatable bonds is 5. The molecule has 0 saturated heterocycles. The summed E-state index contributed by atoms with van der Waals surface area (Å²) in [6, 6.07) is 18.3. The van der Waals surface area contributed by atoms with E-state index in [1.54, 1.807) is 35.6 Å². The van der Waals surface area contributed by atoms with Crippen LogP contribution >= 0.6 is 11.3 Å². The van der Waals surface area contributed by atoms with Crippen LogP contribution in [0.3, 0.4) is 0 Å². The molecule has 4 rings (SSSR count). The first-order chi connectivity index (χ1) is 13.1. The van der Waals surface area contributed by atoms with Gasteiger partial charge in [0.15, 0.2) is 0 Å². The van der Waals surface area contributed by atoms with Crippen molar-refractivity contribution in [1.29, 1.82) is 0 Å². The lowest BCUT2D eigenvalue weighted by molar-refractivity contribution is -0.117. The molecule has 1 amide bonds. The lowest BCUT2D eigenvalue weighted by Crippen LogP contribution is -2.48. The first kappa shape index (κ1) is 17.3. The first-order valence-electron chi connectivity index (χ1n) is 8.63. The highest BCUT2D eigenvalue weighted by molar-refractivity contribution is 7.09. The van der Waals surface area contributed by atoms with Crippen molar-refractivity contribution in [2.45, 2.75) is 19.0 Å². The number of anilines is 2. The van der Waals surface area contributed by atoms with Crippen molar-refractivity contribution in [3.8, 4) is 0 Å². The number of amides is 1. The van der Waals surface area contributed by atoms with Crippen molar-refractivity contribution < 1.29 is 14.7 Å². The molecule has 0 saturated carbocycles. The molecule has 1 unspecified atom stereocenters. The number of fused-ring (bicyclic) bond motifs is 1. The molecule has 2 heterocycles. The largest absolute Gasteiger partial charge is 0.478 e. The van der Waals surface area contributed by atoms with E-state index in [1.807, 2.05) is 41.8 Å². The summed E-state index contributed by atoms with van der Waals surface area (Å²) in [7, 11) is 0.